The summed E-state index contributed by atoms with van der Waals surface area (Å²) < 4.78 is 5.38. The number of hydrogen-bond acceptors (Lipinski definition) is 3. The Morgan fingerprint density at radius 2 is 1.71 bits per heavy atom. The van der Waals surface area contributed by atoms with E-state index >= 15 is 0 Å². The Morgan fingerprint density at radius 3 is 2.33 bits per heavy atom. The highest BCUT2D eigenvalue weighted by Gasteiger charge is 2.13. The number of nitrogens with zero attached hydrogens (tertiary/aromatic N) is 1. The van der Waals surface area contributed by atoms with Crippen molar-refractivity contribution < 1.29 is 14.3 Å². The van der Waals surface area contributed by atoms with E-state index in [1.54, 1.807) is 31.3 Å². The van der Waals surface area contributed by atoms with Gasteiger partial charge in [-0.15, -0.1) is 0 Å². The Kier molecular flexibility index (Phi) is 6.21. The van der Waals surface area contributed by atoms with E-state index in [0.29, 0.717) is 16.5 Å². The summed E-state index contributed by atoms with van der Waals surface area (Å²) in [5.41, 5.74) is 1.81. The number of rotatable bonds is 6. The minimum atomic E-state index is -0.288. The average Bonchev–Trinajstić information content (AvgIpc) is 2.56. The lowest BCUT2D eigenvalue weighted by atomic mass is 10.2. The number of aryl methyl sites for hydroxylation is 1. The first-order valence-corrected chi connectivity index (χ1v) is 7.80. The lowest BCUT2D eigenvalue weighted by Crippen LogP contribution is -2.37. The number of nitrogens with one attached hydrogen (secondary N) is 1. The van der Waals surface area contributed by atoms with Crippen LogP contribution in [0.15, 0.2) is 48.5 Å². The van der Waals surface area contributed by atoms with Crippen LogP contribution in [0.25, 0.3) is 0 Å². The van der Waals surface area contributed by atoms with Gasteiger partial charge in [0.25, 0.3) is 5.91 Å². The first-order valence-electron chi connectivity index (χ1n) is 7.43. The van der Waals surface area contributed by atoms with Crippen LogP contribution < -0.4 is 10.1 Å². The van der Waals surface area contributed by atoms with E-state index in [-0.39, 0.29) is 25.0 Å². The first-order chi connectivity index (χ1) is 11.4. The minimum absolute atomic E-state index is 0.0450. The van der Waals surface area contributed by atoms with Crippen molar-refractivity contribution in [2.45, 2.75) is 6.92 Å². The molecule has 0 unspecified atom stereocenters. The van der Waals surface area contributed by atoms with Crippen molar-refractivity contribution >= 4 is 29.1 Å². The average molecular weight is 347 g/mol. The molecular weight excluding hydrogens is 328 g/mol. The zero-order chi connectivity index (χ0) is 17.5. The molecule has 6 heteroatoms. The third kappa shape index (κ3) is 5.59. The van der Waals surface area contributed by atoms with Crippen molar-refractivity contribution in [2.75, 3.05) is 25.5 Å². The number of carbonyl (C=O) groups excluding carboxylic acids is 2. The van der Waals surface area contributed by atoms with Gasteiger partial charge < -0.3 is 15.0 Å². The summed E-state index contributed by atoms with van der Waals surface area (Å²) in [5.74, 6) is -0.00420. The van der Waals surface area contributed by atoms with Crippen molar-refractivity contribution in [3.63, 3.8) is 0 Å². The summed E-state index contributed by atoms with van der Waals surface area (Å²) in [4.78, 5) is 25.3. The molecule has 0 saturated carbocycles. The van der Waals surface area contributed by atoms with E-state index in [0.717, 1.165) is 5.56 Å². The van der Waals surface area contributed by atoms with Crippen LogP contribution in [0.2, 0.25) is 5.02 Å². The van der Waals surface area contributed by atoms with E-state index < -0.39 is 0 Å². The van der Waals surface area contributed by atoms with Gasteiger partial charge in [0.2, 0.25) is 5.91 Å². The lowest BCUT2D eigenvalue weighted by molar-refractivity contribution is -0.135. The number of likely N-dealkylation sites (N-methyl/N-ethyl adjacent to an activating group) is 1. The van der Waals surface area contributed by atoms with Gasteiger partial charge >= 0.3 is 0 Å². The molecule has 2 rings (SSSR count). The first kappa shape index (κ1) is 17.8. The molecule has 1 N–H and O–H groups in total. The van der Waals surface area contributed by atoms with Gasteiger partial charge in [0.05, 0.1) is 6.54 Å². The van der Waals surface area contributed by atoms with Gasteiger partial charge in [0.15, 0.2) is 6.61 Å². The number of benzene rings is 2. The summed E-state index contributed by atoms with van der Waals surface area (Å²) >= 11 is 5.78. The fraction of sp³-hybridized carbons (Fsp3) is 0.222. The highest BCUT2D eigenvalue weighted by Crippen LogP contribution is 2.15. The molecule has 24 heavy (non-hydrogen) atoms. The molecule has 126 valence electrons. The van der Waals surface area contributed by atoms with E-state index in [9.17, 15) is 9.59 Å². The smallest absolute Gasteiger partial charge is 0.260 e. The largest absolute Gasteiger partial charge is 0.484 e. The van der Waals surface area contributed by atoms with Crippen LogP contribution in [0, 0.1) is 6.92 Å². The zero-order valence-corrected chi connectivity index (χ0v) is 14.3. The topological polar surface area (TPSA) is 58.6 Å². The molecule has 2 aromatic rings. The second kappa shape index (κ2) is 8.36. The van der Waals surface area contributed by atoms with Crippen LogP contribution in [-0.2, 0) is 9.59 Å². The van der Waals surface area contributed by atoms with Crippen LogP contribution in [0.1, 0.15) is 5.56 Å². The maximum absolute atomic E-state index is 12.0. The Balaban J connectivity index is 1.78. The number of hydrogen-bond donors (Lipinski definition) is 1. The van der Waals surface area contributed by atoms with E-state index in [1.165, 1.54) is 4.90 Å². The molecule has 0 aliphatic heterocycles. The highest BCUT2D eigenvalue weighted by atomic mass is 35.5. The monoisotopic (exact) mass is 346 g/mol. The molecule has 0 fully saturated rings. The molecule has 0 heterocycles. The zero-order valence-electron chi connectivity index (χ0n) is 13.6. The molecule has 0 spiro atoms. The lowest BCUT2D eigenvalue weighted by Gasteiger charge is -2.17. The molecule has 0 saturated heterocycles. The van der Waals surface area contributed by atoms with Gasteiger partial charge in [-0.3, -0.25) is 9.59 Å². The van der Waals surface area contributed by atoms with Crippen LogP contribution in [0.5, 0.6) is 5.75 Å². The third-order valence-corrected chi connectivity index (χ3v) is 3.57. The molecule has 0 aliphatic rings. The van der Waals surface area contributed by atoms with Crippen molar-refractivity contribution in [2.24, 2.45) is 0 Å². The number of anilines is 1. The molecule has 2 aromatic carbocycles. The SMILES string of the molecule is Cc1ccc(NC(=O)CN(C)C(=O)COc2ccc(Cl)cc2)cc1. The fourth-order valence-electron chi connectivity index (χ4n) is 1.93. The van der Waals surface area contributed by atoms with Gasteiger partial charge in [0.1, 0.15) is 5.75 Å². The number of halogens is 1. The summed E-state index contributed by atoms with van der Waals surface area (Å²) in [6.45, 7) is 1.78. The molecule has 0 aromatic heterocycles. The van der Waals surface area contributed by atoms with E-state index in [4.69, 9.17) is 16.3 Å². The van der Waals surface area contributed by atoms with Crippen LogP contribution in [-0.4, -0.2) is 36.9 Å². The normalized spacial score (nSPS) is 10.1. The van der Waals surface area contributed by atoms with Gasteiger partial charge in [-0.1, -0.05) is 29.3 Å². The number of amides is 2. The second-order valence-electron chi connectivity index (χ2n) is 5.41. The summed E-state index contributed by atoms with van der Waals surface area (Å²) in [6.07, 6.45) is 0. The summed E-state index contributed by atoms with van der Waals surface area (Å²) in [7, 11) is 1.56. The molecule has 2 amide bonds. The van der Waals surface area contributed by atoms with Crippen LogP contribution in [0.3, 0.4) is 0 Å². The van der Waals surface area contributed by atoms with Gasteiger partial charge in [0, 0.05) is 17.8 Å². The Hall–Kier alpha value is -2.53. The molecule has 0 aliphatic carbocycles. The quantitative estimate of drug-likeness (QED) is 0.874. The van der Waals surface area contributed by atoms with Crippen molar-refractivity contribution in [3.05, 3.63) is 59.1 Å². The fourth-order valence-corrected chi connectivity index (χ4v) is 2.05. The maximum Gasteiger partial charge on any atom is 0.260 e. The van der Waals surface area contributed by atoms with Crippen molar-refractivity contribution in [3.8, 4) is 5.75 Å². The van der Waals surface area contributed by atoms with Crippen molar-refractivity contribution in [1.29, 1.82) is 0 Å². The van der Waals surface area contributed by atoms with Crippen molar-refractivity contribution in [1.82, 2.24) is 4.90 Å². The van der Waals surface area contributed by atoms with E-state index in [2.05, 4.69) is 5.32 Å². The Bertz CT molecular complexity index is 699. The van der Waals surface area contributed by atoms with Crippen LogP contribution >= 0.6 is 11.6 Å². The predicted octanol–water partition coefficient (Wildman–Crippen LogP) is 3.12. The Morgan fingerprint density at radius 1 is 1.08 bits per heavy atom. The predicted molar refractivity (Wildman–Crippen MR) is 94.4 cm³/mol. The van der Waals surface area contributed by atoms with Gasteiger partial charge in [-0.2, -0.15) is 0 Å². The van der Waals surface area contributed by atoms with Gasteiger partial charge in [-0.05, 0) is 43.3 Å². The molecule has 5 nitrogen and oxygen atoms in total. The number of ether oxygens (including phenoxy) is 1. The minimum Gasteiger partial charge on any atom is -0.484 e. The highest BCUT2D eigenvalue weighted by molar-refractivity contribution is 6.30. The third-order valence-electron chi connectivity index (χ3n) is 3.32. The molecule has 0 radical (unpaired) electrons. The van der Waals surface area contributed by atoms with Crippen LogP contribution in [0.4, 0.5) is 5.69 Å². The second-order valence-corrected chi connectivity index (χ2v) is 5.84. The summed E-state index contributed by atoms with van der Waals surface area (Å²) in [6, 6.07) is 14.2. The maximum atomic E-state index is 12.0. The standard InChI is InChI=1S/C18H19ClN2O3/c1-13-3-7-15(8-4-13)20-17(22)11-21(2)18(23)12-24-16-9-5-14(19)6-10-16/h3-10H,11-12H2,1-2H3,(H,20,22). The van der Waals surface area contributed by atoms with Gasteiger partial charge in [-0.25, -0.2) is 0 Å². The number of carbonyl (C=O) groups is 2. The molecular formula is C18H19ClN2O3. The molecule has 0 bridgehead atoms. The Labute approximate surface area is 146 Å². The summed E-state index contributed by atoms with van der Waals surface area (Å²) in [5, 5.41) is 3.34. The molecule has 0 atom stereocenters. The van der Waals surface area contributed by atoms with E-state index in [1.807, 2.05) is 31.2 Å².